The number of likely N-dealkylation sites (tertiary alicyclic amines) is 1. The lowest BCUT2D eigenvalue weighted by molar-refractivity contribution is 0.0156. The van der Waals surface area contributed by atoms with Crippen molar-refractivity contribution in [1.29, 1.82) is 0 Å². The van der Waals surface area contributed by atoms with Gasteiger partial charge in [0.15, 0.2) is 0 Å². The van der Waals surface area contributed by atoms with E-state index >= 15 is 0 Å². The van der Waals surface area contributed by atoms with Crippen LogP contribution < -0.4 is 5.32 Å². The smallest absolute Gasteiger partial charge is 0.0613 e. The summed E-state index contributed by atoms with van der Waals surface area (Å²) in [5.74, 6) is 0.834. The van der Waals surface area contributed by atoms with Crippen LogP contribution in [0.15, 0.2) is 0 Å². The highest BCUT2D eigenvalue weighted by Gasteiger charge is 2.39. The van der Waals surface area contributed by atoms with E-state index in [2.05, 4.69) is 31.0 Å². The Kier molecular flexibility index (Phi) is 5.88. The number of aliphatic hydroxyl groups is 1. The minimum absolute atomic E-state index is 0.0146. The molecule has 1 saturated heterocycles. The quantitative estimate of drug-likeness (QED) is 0.814. The van der Waals surface area contributed by atoms with Crippen LogP contribution in [0.2, 0.25) is 0 Å². The van der Waals surface area contributed by atoms with Gasteiger partial charge in [0.05, 0.1) is 6.61 Å². The van der Waals surface area contributed by atoms with Crippen molar-refractivity contribution in [2.45, 2.75) is 83.3 Å². The van der Waals surface area contributed by atoms with Gasteiger partial charge >= 0.3 is 0 Å². The van der Waals surface area contributed by atoms with Crippen molar-refractivity contribution in [1.82, 2.24) is 10.2 Å². The molecule has 3 nitrogen and oxygen atoms in total. The summed E-state index contributed by atoms with van der Waals surface area (Å²) in [6, 6.07) is 1.38. The number of rotatable bonds is 5. The zero-order valence-electron chi connectivity index (χ0n) is 13.7. The van der Waals surface area contributed by atoms with Crippen LogP contribution in [0.4, 0.5) is 0 Å². The van der Waals surface area contributed by atoms with Crippen LogP contribution in [0.25, 0.3) is 0 Å². The molecule has 1 heterocycles. The van der Waals surface area contributed by atoms with Gasteiger partial charge in [-0.15, -0.1) is 0 Å². The van der Waals surface area contributed by atoms with Crippen molar-refractivity contribution in [2.24, 2.45) is 5.92 Å². The van der Waals surface area contributed by atoms with Gasteiger partial charge in [-0.3, -0.25) is 4.90 Å². The van der Waals surface area contributed by atoms with Gasteiger partial charge < -0.3 is 10.4 Å². The Hall–Kier alpha value is -0.120. The average Bonchev–Trinajstić information content (AvgIpc) is 2.48. The molecule has 2 aliphatic rings. The van der Waals surface area contributed by atoms with Crippen LogP contribution in [0.3, 0.4) is 0 Å². The number of hydrogen-bond donors (Lipinski definition) is 2. The Bertz CT molecular complexity index is 297. The number of piperidine rings is 1. The molecule has 3 heteroatoms. The van der Waals surface area contributed by atoms with Gasteiger partial charge in [0.2, 0.25) is 0 Å². The maximum absolute atomic E-state index is 9.92. The van der Waals surface area contributed by atoms with Gasteiger partial charge in [0.1, 0.15) is 0 Å². The molecule has 0 amide bonds. The summed E-state index contributed by atoms with van der Waals surface area (Å²) in [7, 11) is 0. The van der Waals surface area contributed by atoms with Crippen LogP contribution in [-0.4, -0.2) is 47.3 Å². The van der Waals surface area contributed by atoms with Crippen molar-refractivity contribution in [3.8, 4) is 0 Å². The van der Waals surface area contributed by atoms with Crippen molar-refractivity contribution in [3.63, 3.8) is 0 Å². The van der Waals surface area contributed by atoms with E-state index in [1.807, 2.05) is 0 Å². The molecule has 4 unspecified atom stereocenters. The fourth-order valence-electron chi connectivity index (χ4n) is 4.20. The molecule has 1 aliphatic carbocycles. The van der Waals surface area contributed by atoms with E-state index in [0.717, 1.165) is 37.8 Å². The number of aliphatic hydroxyl groups excluding tert-OH is 1. The van der Waals surface area contributed by atoms with Gasteiger partial charge in [-0.25, -0.2) is 0 Å². The first-order valence-electron chi connectivity index (χ1n) is 8.72. The second kappa shape index (κ2) is 7.24. The molecule has 2 N–H and O–H groups in total. The van der Waals surface area contributed by atoms with Crippen molar-refractivity contribution < 1.29 is 5.11 Å². The Balaban J connectivity index is 2.01. The second-order valence-electron chi connectivity index (χ2n) is 7.34. The summed E-state index contributed by atoms with van der Waals surface area (Å²) in [5.41, 5.74) is -0.0146. The second-order valence-corrected chi connectivity index (χ2v) is 7.34. The number of hydrogen-bond acceptors (Lipinski definition) is 3. The summed E-state index contributed by atoms with van der Waals surface area (Å²) in [6.45, 7) is 9.55. The topological polar surface area (TPSA) is 35.5 Å². The normalized spacial score (nSPS) is 39.9. The molecule has 4 atom stereocenters. The fraction of sp³-hybridized carbons (Fsp3) is 1.00. The van der Waals surface area contributed by atoms with Crippen LogP contribution in [-0.2, 0) is 0 Å². The Morgan fingerprint density at radius 1 is 1.25 bits per heavy atom. The van der Waals surface area contributed by atoms with Crippen molar-refractivity contribution >= 4 is 0 Å². The van der Waals surface area contributed by atoms with Crippen LogP contribution in [0, 0.1) is 5.92 Å². The summed E-state index contributed by atoms with van der Waals surface area (Å²) < 4.78 is 0. The van der Waals surface area contributed by atoms with E-state index in [0.29, 0.717) is 12.6 Å². The van der Waals surface area contributed by atoms with Crippen molar-refractivity contribution in [2.75, 3.05) is 19.7 Å². The molecule has 0 aromatic carbocycles. The molecule has 118 valence electrons. The Morgan fingerprint density at radius 3 is 2.75 bits per heavy atom. The first-order valence-corrected chi connectivity index (χ1v) is 8.72. The monoisotopic (exact) mass is 282 g/mol. The summed E-state index contributed by atoms with van der Waals surface area (Å²) in [6.07, 6.45) is 8.68. The van der Waals surface area contributed by atoms with Crippen LogP contribution in [0.5, 0.6) is 0 Å². The lowest BCUT2D eigenvalue weighted by atomic mass is 9.77. The summed E-state index contributed by atoms with van der Waals surface area (Å²) >= 11 is 0. The largest absolute Gasteiger partial charge is 0.394 e. The highest BCUT2D eigenvalue weighted by atomic mass is 16.3. The molecule has 1 aliphatic heterocycles. The van der Waals surface area contributed by atoms with Gasteiger partial charge in [0, 0.05) is 24.2 Å². The maximum Gasteiger partial charge on any atom is 0.0613 e. The number of nitrogens with one attached hydrogen (secondary N) is 1. The third-order valence-electron chi connectivity index (χ3n) is 5.51. The van der Waals surface area contributed by atoms with Gasteiger partial charge in [-0.1, -0.05) is 13.8 Å². The molecule has 2 fully saturated rings. The predicted octanol–water partition coefficient (Wildman–Crippen LogP) is 2.78. The first-order chi connectivity index (χ1) is 9.60. The zero-order chi connectivity index (χ0) is 14.6. The first kappa shape index (κ1) is 16.3. The Labute approximate surface area is 125 Å². The lowest BCUT2D eigenvalue weighted by Crippen LogP contribution is -2.58. The molecule has 0 bridgehead atoms. The van der Waals surface area contributed by atoms with Crippen LogP contribution >= 0.6 is 0 Å². The third-order valence-corrected chi connectivity index (χ3v) is 5.51. The van der Waals surface area contributed by atoms with Gasteiger partial charge in [-0.2, -0.15) is 0 Å². The standard InChI is InChI=1S/C17H34N2O/c1-4-10-18-17(13-20)9-5-6-16(11-17)19-12-14(2)7-8-15(19)3/h14-16,18,20H,4-13H2,1-3H3. The highest BCUT2D eigenvalue weighted by molar-refractivity contribution is 4.98. The molecule has 1 saturated carbocycles. The van der Waals surface area contributed by atoms with Gasteiger partial charge in [-0.05, 0) is 64.3 Å². The van der Waals surface area contributed by atoms with Crippen molar-refractivity contribution in [3.05, 3.63) is 0 Å². The predicted molar refractivity (Wildman–Crippen MR) is 84.9 cm³/mol. The molecule has 0 aromatic heterocycles. The highest BCUT2D eigenvalue weighted by Crippen LogP contribution is 2.35. The van der Waals surface area contributed by atoms with E-state index in [9.17, 15) is 5.11 Å². The molecular weight excluding hydrogens is 248 g/mol. The summed E-state index contributed by atoms with van der Waals surface area (Å²) in [4.78, 5) is 2.74. The molecule has 0 spiro atoms. The van der Waals surface area contributed by atoms with E-state index < -0.39 is 0 Å². The van der Waals surface area contributed by atoms with E-state index in [-0.39, 0.29) is 5.54 Å². The molecule has 2 rings (SSSR count). The molecular formula is C17H34N2O. The average molecular weight is 282 g/mol. The van der Waals surface area contributed by atoms with E-state index in [1.54, 1.807) is 0 Å². The molecule has 0 radical (unpaired) electrons. The zero-order valence-corrected chi connectivity index (χ0v) is 13.7. The molecule has 0 aromatic rings. The fourth-order valence-corrected chi connectivity index (χ4v) is 4.20. The Morgan fingerprint density at radius 2 is 2.05 bits per heavy atom. The minimum Gasteiger partial charge on any atom is -0.394 e. The third kappa shape index (κ3) is 3.75. The number of nitrogens with zero attached hydrogens (tertiary/aromatic N) is 1. The molecule has 20 heavy (non-hydrogen) atoms. The van der Waals surface area contributed by atoms with E-state index in [4.69, 9.17) is 0 Å². The minimum atomic E-state index is -0.0146. The lowest BCUT2D eigenvalue weighted by Gasteiger charge is -2.48. The van der Waals surface area contributed by atoms with E-state index in [1.165, 1.54) is 32.2 Å². The van der Waals surface area contributed by atoms with Crippen LogP contribution in [0.1, 0.15) is 65.7 Å². The SMILES string of the molecule is CCCNC1(CO)CCCC(N2CC(C)CCC2C)C1. The maximum atomic E-state index is 9.92. The van der Waals surface area contributed by atoms with Gasteiger partial charge in [0.25, 0.3) is 0 Å². The summed E-state index contributed by atoms with van der Waals surface area (Å²) in [5, 5.41) is 13.6.